The number of nitrogens with one attached hydrogen (secondary N) is 2. The highest BCUT2D eigenvalue weighted by molar-refractivity contribution is 6.31. The van der Waals surface area contributed by atoms with Crippen LogP contribution in [0.5, 0.6) is 5.75 Å². The Hall–Kier alpha value is -3.63. The van der Waals surface area contributed by atoms with Crippen LogP contribution in [-0.4, -0.2) is 23.0 Å². The standard InChI is InChI=1S/C19H14ClN5O2/c1-27-17-7-4-13(20)8-15(17)25-19(26)16-9-18(23-11-22-16)24-14-5-2-12(10-21)3-6-14/h2-9,11H,1H3,(H,25,26)(H,22,23,24). The van der Waals surface area contributed by atoms with E-state index in [9.17, 15) is 4.79 Å². The molecule has 0 radical (unpaired) electrons. The summed E-state index contributed by atoms with van der Waals surface area (Å²) in [6, 6.07) is 15.4. The molecule has 0 aliphatic carbocycles. The Morgan fingerprint density at radius 1 is 1.15 bits per heavy atom. The van der Waals surface area contributed by atoms with Gasteiger partial charge in [0.25, 0.3) is 5.91 Å². The molecule has 3 rings (SSSR count). The molecule has 0 unspecified atom stereocenters. The van der Waals surface area contributed by atoms with Gasteiger partial charge in [0, 0.05) is 16.8 Å². The molecule has 0 saturated heterocycles. The molecule has 1 heterocycles. The van der Waals surface area contributed by atoms with E-state index in [4.69, 9.17) is 21.6 Å². The average Bonchev–Trinajstić information content (AvgIpc) is 2.69. The maximum atomic E-state index is 12.5. The van der Waals surface area contributed by atoms with Crippen LogP contribution in [0, 0.1) is 11.3 Å². The SMILES string of the molecule is COc1ccc(Cl)cc1NC(=O)c1cc(Nc2ccc(C#N)cc2)ncn1. The molecule has 0 aliphatic rings. The minimum absolute atomic E-state index is 0.170. The van der Waals surface area contributed by atoms with Gasteiger partial charge in [-0.3, -0.25) is 4.79 Å². The third kappa shape index (κ3) is 4.51. The van der Waals surface area contributed by atoms with E-state index in [1.807, 2.05) is 0 Å². The van der Waals surface area contributed by atoms with Gasteiger partial charge >= 0.3 is 0 Å². The number of carbonyl (C=O) groups excluding carboxylic acids is 1. The minimum atomic E-state index is -0.430. The maximum absolute atomic E-state index is 12.5. The molecule has 2 aromatic carbocycles. The number of ether oxygens (including phenoxy) is 1. The smallest absolute Gasteiger partial charge is 0.274 e. The minimum Gasteiger partial charge on any atom is -0.495 e. The van der Waals surface area contributed by atoms with Crippen molar-refractivity contribution in [2.24, 2.45) is 0 Å². The summed E-state index contributed by atoms with van der Waals surface area (Å²) in [4.78, 5) is 20.6. The molecule has 8 heteroatoms. The monoisotopic (exact) mass is 379 g/mol. The highest BCUT2D eigenvalue weighted by Gasteiger charge is 2.13. The number of rotatable bonds is 5. The fraction of sp³-hybridized carbons (Fsp3) is 0.0526. The van der Waals surface area contributed by atoms with E-state index in [1.165, 1.54) is 19.5 Å². The van der Waals surface area contributed by atoms with Crippen molar-refractivity contribution in [2.45, 2.75) is 0 Å². The number of benzene rings is 2. The van der Waals surface area contributed by atoms with Gasteiger partial charge in [-0.05, 0) is 42.5 Å². The topological polar surface area (TPSA) is 99.9 Å². The second-order valence-electron chi connectivity index (χ2n) is 5.40. The van der Waals surface area contributed by atoms with Crippen LogP contribution >= 0.6 is 11.6 Å². The number of nitrogens with zero attached hydrogens (tertiary/aromatic N) is 3. The number of amides is 1. The Morgan fingerprint density at radius 2 is 1.93 bits per heavy atom. The number of halogens is 1. The largest absolute Gasteiger partial charge is 0.495 e. The lowest BCUT2D eigenvalue weighted by atomic mass is 10.2. The zero-order valence-corrected chi connectivity index (χ0v) is 15.0. The first-order chi connectivity index (χ1) is 13.1. The van der Waals surface area contributed by atoms with Crippen LogP contribution in [0.4, 0.5) is 17.2 Å². The third-order valence-corrected chi connectivity index (χ3v) is 3.83. The molecule has 134 valence electrons. The summed E-state index contributed by atoms with van der Waals surface area (Å²) >= 11 is 5.98. The normalized spacial score (nSPS) is 9.96. The molecule has 0 bridgehead atoms. The van der Waals surface area contributed by atoms with E-state index < -0.39 is 5.91 Å². The van der Waals surface area contributed by atoms with E-state index in [1.54, 1.807) is 42.5 Å². The quantitative estimate of drug-likeness (QED) is 0.694. The molecule has 2 N–H and O–H groups in total. The second-order valence-corrected chi connectivity index (χ2v) is 5.84. The van der Waals surface area contributed by atoms with Gasteiger partial charge in [-0.1, -0.05) is 11.6 Å². The lowest BCUT2D eigenvalue weighted by Gasteiger charge is -2.11. The highest BCUT2D eigenvalue weighted by Crippen LogP contribution is 2.28. The molecule has 7 nitrogen and oxygen atoms in total. The average molecular weight is 380 g/mol. The van der Waals surface area contributed by atoms with Crippen LogP contribution in [-0.2, 0) is 0 Å². The fourth-order valence-electron chi connectivity index (χ4n) is 2.29. The van der Waals surface area contributed by atoms with E-state index in [-0.39, 0.29) is 5.69 Å². The third-order valence-electron chi connectivity index (χ3n) is 3.60. The molecule has 1 amide bonds. The van der Waals surface area contributed by atoms with Gasteiger partial charge in [-0.2, -0.15) is 5.26 Å². The first kappa shape index (κ1) is 18.2. The fourth-order valence-corrected chi connectivity index (χ4v) is 2.46. The van der Waals surface area contributed by atoms with E-state index >= 15 is 0 Å². The lowest BCUT2D eigenvalue weighted by molar-refractivity contribution is 0.102. The maximum Gasteiger partial charge on any atom is 0.274 e. The molecule has 0 fully saturated rings. The molecule has 3 aromatic rings. The number of nitriles is 1. The van der Waals surface area contributed by atoms with Crippen molar-refractivity contribution in [3.8, 4) is 11.8 Å². The first-order valence-electron chi connectivity index (χ1n) is 7.83. The Morgan fingerprint density at radius 3 is 2.63 bits per heavy atom. The van der Waals surface area contributed by atoms with Crippen molar-refractivity contribution in [1.29, 1.82) is 5.26 Å². The Bertz CT molecular complexity index is 1020. The van der Waals surface area contributed by atoms with Crippen LogP contribution < -0.4 is 15.4 Å². The van der Waals surface area contributed by atoms with Crippen molar-refractivity contribution in [1.82, 2.24) is 9.97 Å². The summed E-state index contributed by atoms with van der Waals surface area (Å²) in [6.45, 7) is 0. The number of hydrogen-bond acceptors (Lipinski definition) is 6. The van der Waals surface area contributed by atoms with Crippen LogP contribution in [0.2, 0.25) is 5.02 Å². The molecular formula is C19H14ClN5O2. The summed E-state index contributed by atoms with van der Waals surface area (Å²) in [5, 5.41) is 15.1. The van der Waals surface area contributed by atoms with Crippen molar-refractivity contribution >= 4 is 34.7 Å². The van der Waals surface area contributed by atoms with Crippen molar-refractivity contribution in [3.63, 3.8) is 0 Å². The summed E-state index contributed by atoms with van der Waals surface area (Å²) in [7, 11) is 1.50. The van der Waals surface area contributed by atoms with Gasteiger partial charge in [-0.25, -0.2) is 9.97 Å². The molecule has 0 aliphatic heterocycles. The van der Waals surface area contributed by atoms with Gasteiger partial charge in [-0.15, -0.1) is 0 Å². The zero-order chi connectivity index (χ0) is 19.2. The van der Waals surface area contributed by atoms with E-state index in [2.05, 4.69) is 26.7 Å². The van der Waals surface area contributed by atoms with Gasteiger partial charge in [0.15, 0.2) is 0 Å². The number of methoxy groups -OCH3 is 1. The van der Waals surface area contributed by atoms with E-state index in [0.717, 1.165) is 5.69 Å². The highest BCUT2D eigenvalue weighted by atomic mass is 35.5. The Labute approximate surface area is 160 Å². The zero-order valence-electron chi connectivity index (χ0n) is 14.2. The Balaban J connectivity index is 1.77. The summed E-state index contributed by atoms with van der Waals surface area (Å²) in [5.74, 6) is 0.497. The van der Waals surface area contributed by atoms with Gasteiger partial charge in [0.2, 0.25) is 0 Å². The molecule has 0 atom stereocenters. The van der Waals surface area contributed by atoms with Crippen LogP contribution in [0.25, 0.3) is 0 Å². The van der Waals surface area contributed by atoms with Crippen LogP contribution in [0.3, 0.4) is 0 Å². The van der Waals surface area contributed by atoms with Gasteiger partial charge in [0.05, 0.1) is 24.4 Å². The molecule has 27 heavy (non-hydrogen) atoms. The molecular weight excluding hydrogens is 366 g/mol. The summed E-state index contributed by atoms with van der Waals surface area (Å²) in [6.07, 6.45) is 1.29. The van der Waals surface area contributed by atoms with Gasteiger partial charge in [0.1, 0.15) is 23.6 Å². The first-order valence-corrected chi connectivity index (χ1v) is 8.21. The van der Waals surface area contributed by atoms with Crippen LogP contribution in [0.1, 0.15) is 16.1 Å². The van der Waals surface area contributed by atoms with Gasteiger partial charge < -0.3 is 15.4 Å². The van der Waals surface area contributed by atoms with Crippen molar-refractivity contribution in [3.05, 3.63) is 71.1 Å². The number of hydrogen-bond donors (Lipinski definition) is 2. The Kier molecular flexibility index (Phi) is 5.50. The second kappa shape index (κ2) is 8.17. The summed E-state index contributed by atoms with van der Waals surface area (Å²) < 4.78 is 5.22. The van der Waals surface area contributed by atoms with Crippen molar-refractivity contribution in [2.75, 3.05) is 17.7 Å². The van der Waals surface area contributed by atoms with Crippen molar-refractivity contribution < 1.29 is 9.53 Å². The number of anilines is 3. The molecule has 1 aromatic heterocycles. The predicted octanol–water partition coefficient (Wildman–Crippen LogP) is 4.01. The van der Waals surface area contributed by atoms with E-state index in [0.29, 0.717) is 27.8 Å². The molecule has 0 spiro atoms. The molecule has 0 saturated carbocycles. The van der Waals surface area contributed by atoms with Crippen LogP contribution in [0.15, 0.2) is 54.9 Å². The lowest BCUT2D eigenvalue weighted by Crippen LogP contribution is -2.15. The number of carbonyl (C=O) groups is 1. The predicted molar refractivity (Wildman–Crippen MR) is 102 cm³/mol. The number of aromatic nitrogens is 2. The summed E-state index contributed by atoms with van der Waals surface area (Å²) in [5.41, 5.74) is 1.90.